The third kappa shape index (κ3) is 3.91. The van der Waals surface area contributed by atoms with Crippen molar-refractivity contribution < 1.29 is 9.21 Å². The number of hydrogen-bond donors (Lipinski definition) is 1. The van der Waals surface area contributed by atoms with Crippen molar-refractivity contribution in [1.82, 2.24) is 5.32 Å². The summed E-state index contributed by atoms with van der Waals surface area (Å²) >= 11 is 5.84. The van der Waals surface area contributed by atoms with Gasteiger partial charge in [0.1, 0.15) is 5.58 Å². The summed E-state index contributed by atoms with van der Waals surface area (Å²) < 4.78 is 5.26. The van der Waals surface area contributed by atoms with Crippen molar-refractivity contribution in [2.24, 2.45) is 0 Å². The molecule has 5 heteroatoms. The first-order valence-electron chi connectivity index (χ1n) is 8.04. The summed E-state index contributed by atoms with van der Waals surface area (Å²) in [6.07, 6.45) is 0. The topological polar surface area (TPSA) is 59.3 Å². The van der Waals surface area contributed by atoms with Gasteiger partial charge in [-0.3, -0.25) is 4.79 Å². The molecule has 0 aliphatic heterocycles. The van der Waals surface area contributed by atoms with E-state index in [0.717, 1.165) is 16.5 Å². The van der Waals surface area contributed by atoms with Crippen molar-refractivity contribution in [2.75, 3.05) is 0 Å². The fourth-order valence-electron chi connectivity index (χ4n) is 2.63. The summed E-state index contributed by atoms with van der Waals surface area (Å²) in [6.45, 7) is 4.44. The fourth-order valence-corrected chi connectivity index (χ4v) is 2.76. The number of nitrogens with one attached hydrogen (secondary N) is 1. The molecule has 0 bridgehead atoms. The maximum Gasteiger partial charge on any atom is 0.336 e. The van der Waals surface area contributed by atoms with Crippen molar-refractivity contribution in [2.45, 2.75) is 26.3 Å². The Labute approximate surface area is 150 Å². The van der Waals surface area contributed by atoms with Crippen LogP contribution in [0.15, 0.2) is 57.7 Å². The first-order valence-corrected chi connectivity index (χ1v) is 8.42. The largest absolute Gasteiger partial charge is 0.423 e. The number of rotatable bonds is 4. The van der Waals surface area contributed by atoms with Crippen molar-refractivity contribution in [3.05, 3.63) is 80.7 Å². The second-order valence-electron chi connectivity index (χ2n) is 6.19. The SMILES string of the molecule is CC(C)c1ccc2oc(=O)cc(CNC(=O)c3ccc(Cl)cc3)c2c1. The van der Waals surface area contributed by atoms with Crippen LogP contribution in [0.1, 0.15) is 41.3 Å². The van der Waals surface area contributed by atoms with Crippen molar-refractivity contribution in [1.29, 1.82) is 0 Å². The van der Waals surface area contributed by atoms with E-state index in [9.17, 15) is 9.59 Å². The average Bonchev–Trinajstić information content (AvgIpc) is 2.59. The van der Waals surface area contributed by atoms with Crippen LogP contribution in [0.25, 0.3) is 11.0 Å². The number of hydrogen-bond acceptors (Lipinski definition) is 3. The minimum atomic E-state index is -0.430. The quantitative estimate of drug-likeness (QED) is 0.701. The van der Waals surface area contributed by atoms with Crippen LogP contribution in [0.3, 0.4) is 0 Å². The van der Waals surface area contributed by atoms with E-state index in [-0.39, 0.29) is 12.5 Å². The Morgan fingerprint density at radius 1 is 1.12 bits per heavy atom. The Morgan fingerprint density at radius 3 is 2.52 bits per heavy atom. The molecule has 25 heavy (non-hydrogen) atoms. The van der Waals surface area contributed by atoms with Crippen LogP contribution in [0.5, 0.6) is 0 Å². The third-order valence-electron chi connectivity index (χ3n) is 4.06. The first kappa shape index (κ1) is 17.2. The Kier molecular flexibility index (Phi) is 4.91. The highest BCUT2D eigenvalue weighted by Crippen LogP contribution is 2.23. The molecule has 1 aromatic heterocycles. The summed E-state index contributed by atoms with van der Waals surface area (Å²) in [4.78, 5) is 24.1. The van der Waals surface area contributed by atoms with E-state index in [1.54, 1.807) is 30.3 Å². The maximum atomic E-state index is 12.3. The molecule has 0 aliphatic rings. The molecule has 0 radical (unpaired) electrons. The lowest BCUT2D eigenvalue weighted by Crippen LogP contribution is -2.23. The van der Waals surface area contributed by atoms with E-state index in [2.05, 4.69) is 19.2 Å². The minimum absolute atomic E-state index is 0.224. The van der Waals surface area contributed by atoms with Gasteiger partial charge in [0.2, 0.25) is 0 Å². The molecule has 1 N–H and O–H groups in total. The lowest BCUT2D eigenvalue weighted by Gasteiger charge is -2.10. The van der Waals surface area contributed by atoms with Crippen LogP contribution in [0.4, 0.5) is 0 Å². The third-order valence-corrected chi connectivity index (χ3v) is 4.32. The zero-order valence-corrected chi connectivity index (χ0v) is 14.8. The number of amides is 1. The molecule has 3 rings (SSSR count). The van der Waals surface area contributed by atoms with Gasteiger partial charge in [-0.05, 0) is 53.4 Å². The summed E-state index contributed by atoms with van der Waals surface area (Å²) in [5, 5.41) is 4.25. The van der Waals surface area contributed by atoms with Gasteiger partial charge < -0.3 is 9.73 Å². The van der Waals surface area contributed by atoms with Gasteiger partial charge in [-0.2, -0.15) is 0 Å². The number of halogens is 1. The molecule has 0 atom stereocenters. The molecule has 128 valence electrons. The average molecular weight is 356 g/mol. The zero-order chi connectivity index (χ0) is 18.0. The predicted molar refractivity (Wildman–Crippen MR) is 99.2 cm³/mol. The highest BCUT2D eigenvalue weighted by molar-refractivity contribution is 6.30. The molecule has 0 spiro atoms. The van der Waals surface area contributed by atoms with Gasteiger partial charge in [0.15, 0.2) is 0 Å². The standard InChI is InChI=1S/C20H18ClNO3/c1-12(2)14-5-8-18-17(9-14)15(10-19(23)25-18)11-22-20(24)13-3-6-16(21)7-4-13/h3-10,12H,11H2,1-2H3,(H,22,24). The Morgan fingerprint density at radius 2 is 1.84 bits per heavy atom. The normalized spacial score (nSPS) is 11.0. The summed E-state index contributed by atoms with van der Waals surface area (Å²) in [5.74, 6) is 0.130. The lowest BCUT2D eigenvalue weighted by molar-refractivity contribution is 0.0951. The van der Waals surface area contributed by atoms with E-state index in [1.807, 2.05) is 12.1 Å². The molecule has 0 saturated heterocycles. The van der Waals surface area contributed by atoms with Crippen LogP contribution in [-0.2, 0) is 6.54 Å². The molecule has 1 heterocycles. The second-order valence-corrected chi connectivity index (χ2v) is 6.63. The molecule has 0 fully saturated rings. The molecule has 3 aromatic rings. The molecular formula is C20H18ClNO3. The van der Waals surface area contributed by atoms with Crippen molar-refractivity contribution in [3.63, 3.8) is 0 Å². The zero-order valence-electron chi connectivity index (χ0n) is 14.0. The molecule has 4 nitrogen and oxygen atoms in total. The molecule has 0 unspecified atom stereocenters. The highest BCUT2D eigenvalue weighted by atomic mass is 35.5. The predicted octanol–water partition coefficient (Wildman–Crippen LogP) is 4.50. The van der Waals surface area contributed by atoms with Gasteiger partial charge in [0, 0.05) is 28.6 Å². The Bertz CT molecular complexity index is 974. The van der Waals surface area contributed by atoms with Gasteiger partial charge in [-0.15, -0.1) is 0 Å². The van der Waals surface area contributed by atoms with Gasteiger partial charge in [0.25, 0.3) is 5.91 Å². The van der Waals surface area contributed by atoms with E-state index in [0.29, 0.717) is 22.1 Å². The summed E-state index contributed by atoms with van der Waals surface area (Å²) in [5.41, 5.74) is 2.48. The molecule has 1 amide bonds. The van der Waals surface area contributed by atoms with Crippen LogP contribution in [0.2, 0.25) is 5.02 Å². The van der Waals surface area contributed by atoms with Gasteiger partial charge >= 0.3 is 5.63 Å². The number of carbonyl (C=O) groups is 1. The molecular weight excluding hydrogens is 338 g/mol. The van der Waals surface area contributed by atoms with E-state index in [1.165, 1.54) is 6.07 Å². The highest BCUT2D eigenvalue weighted by Gasteiger charge is 2.11. The van der Waals surface area contributed by atoms with Gasteiger partial charge in [-0.25, -0.2) is 4.79 Å². The van der Waals surface area contributed by atoms with Crippen LogP contribution in [-0.4, -0.2) is 5.91 Å². The van der Waals surface area contributed by atoms with Crippen molar-refractivity contribution >= 4 is 28.5 Å². The molecule has 2 aromatic carbocycles. The Hall–Kier alpha value is -2.59. The Balaban J connectivity index is 1.89. The number of carbonyl (C=O) groups excluding carboxylic acids is 1. The second kappa shape index (κ2) is 7.11. The summed E-state index contributed by atoms with van der Waals surface area (Å²) in [7, 11) is 0. The lowest BCUT2D eigenvalue weighted by atomic mass is 9.99. The van der Waals surface area contributed by atoms with Gasteiger partial charge in [-0.1, -0.05) is 31.5 Å². The van der Waals surface area contributed by atoms with Crippen LogP contribution < -0.4 is 10.9 Å². The first-order chi connectivity index (χ1) is 11.9. The molecule has 0 saturated carbocycles. The number of benzene rings is 2. The minimum Gasteiger partial charge on any atom is -0.423 e. The summed E-state index contributed by atoms with van der Waals surface area (Å²) in [6, 6.07) is 13.8. The van der Waals surface area contributed by atoms with Crippen molar-refractivity contribution in [3.8, 4) is 0 Å². The smallest absolute Gasteiger partial charge is 0.336 e. The van der Waals surface area contributed by atoms with Gasteiger partial charge in [0.05, 0.1) is 0 Å². The molecule has 0 aliphatic carbocycles. The maximum absolute atomic E-state index is 12.3. The number of fused-ring (bicyclic) bond motifs is 1. The van der Waals surface area contributed by atoms with Crippen LogP contribution >= 0.6 is 11.6 Å². The fraction of sp³-hybridized carbons (Fsp3) is 0.200. The van der Waals surface area contributed by atoms with E-state index in [4.69, 9.17) is 16.0 Å². The van der Waals surface area contributed by atoms with Crippen LogP contribution in [0, 0.1) is 0 Å². The van der Waals surface area contributed by atoms with E-state index < -0.39 is 5.63 Å². The monoisotopic (exact) mass is 355 g/mol. The van der Waals surface area contributed by atoms with E-state index >= 15 is 0 Å².